The fourth-order valence-electron chi connectivity index (χ4n) is 3.12. The van der Waals surface area contributed by atoms with Crippen molar-refractivity contribution in [2.45, 2.75) is 44.4 Å². The van der Waals surface area contributed by atoms with E-state index in [-0.39, 0.29) is 6.42 Å². The predicted octanol–water partition coefficient (Wildman–Crippen LogP) is 4.64. The summed E-state index contributed by atoms with van der Waals surface area (Å²) in [4.78, 5) is 0. The zero-order valence-corrected chi connectivity index (χ0v) is 11.6. The van der Waals surface area contributed by atoms with E-state index in [9.17, 15) is 13.2 Å². The number of rotatable bonds is 3. The van der Waals surface area contributed by atoms with Gasteiger partial charge in [-0.05, 0) is 25.0 Å². The Morgan fingerprint density at radius 2 is 1.90 bits per heavy atom. The van der Waals surface area contributed by atoms with Crippen molar-refractivity contribution in [3.63, 3.8) is 0 Å². The van der Waals surface area contributed by atoms with Crippen LogP contribution in [0.4, 0.5) is 13.2 Å². The number of hydrogen-bond donors (Lipinski definition) is 1. The summed E-state index contributed by atoms with van der Waals surface area (Å²) in [6, 6.07) is 8.96. The van der Waals surface area contributed by atoms with E-state index in [1.807, 2.05) is 30.3 Å². The summed E-state index contributed by atoms with van der Waals surface area (Å²) in [6.45, 7) is 0.339. The fourth-order valence-corrected chi connectivity index (χ4v) is 3.12. The van der Waals surface area contributed by atoms with E-state index >= 15 is 0 Å². The number of benzene rings is 1. The molecule has 3 rings (SSSR count). The number of halogens is 3. The molecule has 2 aromatic rings. The Morgan fingerprint density at radius 1 is 1.14 bits per heavy atom. The zero-order chi connectivity index (χ0) is 14.9. The molecule has 0 aliphatic heterocycles. The van der Waals surface area contributed by atoms with Crippen LogP contribution in [0.3, 0.4) is 0 Å². The highest BCUT2D eigenvalue weighted by Gasteiger charge is 2.45. The van der Waals surface area contributed by atoms with Crippen LogP contribution in [0.5, 0.6) is 0 Å². The highest BCUT2D eigenvalue weighted by Crippen LogP contribution is 2.37. The van der Waals surface area contributed by atoms with E-state index in [0.717, 1.165) is 17.4 Å². The molecule has 1 heterocycles. The van der Waals surface area contributed by atoms with Crippen LogP contribution in [0.1, 0.15) is 31.4 Å². The van der Waals surface area contributed by atoms with Gasteiger partial charge in [0.25, 0.3) is 0 Å². The van der Waals surface area contributed by atoms with Crippen LogP contribution in [-0.2, 0) is 6.54 Å². The first-order valence-electron chi connectivity index (χ1n) is 7.31. The molecule has 1 N–H and O–H groups in total. The van der Waals surface area contributed by atoms with E-state index in [1.165, 1.54) is 0 Å². The highest BCUT2D eigenvalue weighted by molar-refractivity contribution is 5.77. The lowest BCUT2D eigenvalue weighted by Gasteiger charge is -2.33. The fraction of sp³-hybridized carbons (Fsp3) is 0.500. The molecule has 1 fully saturated rings. The Bertz CT molecular complexity index is 572. The van der Waals surface area contributed by atoms with E-state index in [2.05, 4.69) is 5.32 Å². The molecule has 0 amide bonds. The predicted molar refractivity (Wildman–Crippen MR) is 74.9 cm³/mol. The molecule has 0 spiro atoms. The van der Waals surface area contributed by atoms with Crippen molar-refractivity contribution in [1.82, 2.24) is 5.32 Å². The van der Waals surface area contributed by atoms with Gasteiger partial charge in [0.05, 0.1) is 12.5 Å². The van der Waals surface area contributed by atoms with Gasteiger partial charge in [0.2, 0.25) is 0 Å². The summed E-state index contributed by atoms with van der Waals surface area (Å²) in [5.74, 6) is -0.557. The minimum absolute atomic E-state index is 0.224. The molecule has 1 aliphatic rings. The van der Waals surface area contributed by atoms with Crippen molar-refractivity contribution in [3.8, 4) is 0 Å². The first kappa shape index (κ1) is 14.4. The monoisotopic (exact) mass is 297 g/mol. The molecule has 1 aromatic heterocycles. The van der Waals surface area contributed by atoms with Crippen LogP contribution in [0.25, 0.3) is 11.0 Å². The maximum Gasteiger partial charge on any atom is 0.393 e. The number of fused-ring (bicyclic) bond motifs is 1. The quantitative estimate of drug-likeness (QED) is 0.892. The van der Waals surface area contributed by atoms with E-state index in [0.29, 0.717) is 25.1 Å². The first-order chi connectivity index (χ1) is 10.0. The Labute approximate surface area is 121 Å². The normalized spacial score (nSPS) is 23.6. The number of nitrogens with one attached hydrogen (secondary N) is 1. The smallest absolute Gasteiger partial charge is 0.393 e. The average Bonchev–Trinajstić information content (AvgIpc) is 2.87. The Hall–Kier alpha value is -1.49. The van der Waals surface area contributed by atoms with E-state index in [4.69, 9.17) is 4.42 Å². The van der Waals surface area contributed by atoms with Gasteiger partial charge in [-0.2, -0.15) is 13.2 Å². The molecule has 1 aliphatic carbocycles. The van der Waals surface area contributed by atoms with E-state index in [1.54, 1.807) is 0 Å². The average molecular weight is 297 g/mol. The second-order valence-corrected chi connectivity index (χ2v) is 5.67. The standard InChI is InChI=1S/C16H18F3NO/c17-16(18,19)13-6-2-3-7-14(13)20-10-12-9-11-5-1-4-8-15(11)21-12/h1,4-5,8-9,13-14,20H,2-3,6-7,10H2. The van der Waals surface area contributed by atoms with Crippen molar-refractivity contribution in [3.05, 3.63) is 36.1 Å². The van der Waals surface area contributed by atoms with Crippen molar-refractivity contribution >= 4 is 11.0 Å². The number of furan rings is 1. The molecule has 0 radical (unpaired) electrons. The third-order valence-electron chi connectivity index (χ3n) is 4.20. The van der Waals surface area contributed by atoms with E-state index < -0.39 is 18.1 Å². The first-order valence-corrected chi connectivity index (χ1v) is 7.31. The van der Waals surface area contributed by atoms with Gasteiger partial charge in [0, 0.05) is 11.4 Å². The van der Waals surface area contributed by atoms with Crippen LogP contribution in [-0.4, -0.2) is 12.2 Å². The van der Waals surface area contributed by atoms with Crippen LogP contribution < -0.4 is 5.32 Å². The highest BCUT2D eigenvalue weighted by atomic mass is 19.4. The largest absolute Gasteiger partial charge is 0.460 e. The van der Waals surface area contributed by atoms with Gasteiger partial charge < -0.3 is 9.73 Å². The molecule has 114 valence electrons. The summed E-state index contributed by atoms with van der Waals surface area (Å²) in [6.07, 6.45) is -1.81. The summed E-state index contributed by atoms with van der Waals surface area (Å²) in [5.41, 5.74) is 0.769. The topological polar surface area (TPSA) is 25.2 Å². The molecule has 5 heteroatoms. The molecule has 1 aromatic carbocycles. The Kier molecular flexibility index (Phi) is 3.93. The van der Waals surface area contributed by atoms with Crippen LogP contribution in [0.2, 0.25) is 0 Å². The van der Waals surface area contributed by atoms with Crippen LogP contribution in [0, 0.1) is 5.92 Å². The number of para-hydroxylation sites is 1. The van der Waals surface area contributed by atoms with Crippen molar-refractivity contribution in [2.75, 3.05) is 0 Å². The molecular formula is C16H18F3NO. The van der Waals surface area contributed by atoms with Gasteiger partial charge in [-0.25, -0.2) is 0 Å². The summed E-state index contributed by atoms with van der Waals surface area (Å²) in [7, 11) is 0. The molecule has 1 saturated carbocycles. The Balaban J connectivity index is 1.68. The van der Waals surface area contributed by atoms with Crippen molar-refractivity contribution < 1.29 is 17.6 Å². The lowest BCUT2D eigenvalue weighted by atomic mass is 9.84. The van der Waals surface area contributed by atoms with Gasteiger partial charge in [0.1, 0.15) is 11.3 Å². The summed E-state index contributed by atoms with van der Waals surface area (Å²) < 4.78 is 44.7. The third kappa shape index (κ3) is 3.23. The SMILES string of the molecule is FC(F)(F)C1CCCCC1NCc1cc2ccccc2o1. The van der Waals surface area contributed by atoms with Gasteiger partial charge in [-0.15, -0.1) is 0 Å². The lowest BCUT2D eigenvalue weighted by molar-refractivity contribution is -0.189. The molecule has 2 atom stereocenters. The lowest BCUT2D eigenvalue weighted by Crippen LogP contribution is -2.45. The summed E-state index contributed by atoms with van der Waals surface area (Å²) in [5, 5.41) is 4.02. The van der Waals surface area contributed by atoms with Crippen LogP contribution >= 0.6 is 0 Å². The number of hydrogen-bond acceptors (Lipinski definition) is 2. The zero-order valence-electron chi connectivity index (χ0n) is 11.6. The van der Waals surface area contributed by atoms with Gasteiger partial charge in [-0.3, -0.25) is 0 Å². The molecule has 2 nitrogen and oxygen atoms in total. The second-order valence-electron chi connectivity index (χ2n) is 5.67. The molecular weight excluding hydrogens is 279 g/mol. The second kappa shape index (κ2) is 5.72. The minimum atomic E-state index is -4.12. The molecule has 2 unspecified atom stereocenters. The minimum Gasteiger partial charge on any atom is -0.460 e. The van der Waals surface area contributed by atoms with Gasteiger partial charge in [0.15, 0.2) is 0 Å². The maximum absolute atomic E-state index is 13.0. The number of alkyl halides is 3. The van der Waals surface area contributed by atoms with Gasteiger partial charge >= 0.3 is 6.18 Å². The molecule has 0 saturated heterocycles. The maximum atomic E-state index is 13.0. The third-order valence-corrected chi connectivity index (χ3v) is 4.20. The molecule has 0 bridgehead atoms. The summed E-state index contributed by atoms with van der Waals surface area (Å²) >= 11 is 0. The van der Waals surface area contributed by atoms with Crippen molar-refractivity contribution in [2.24, 2.45) is 5.92 Å². The van der Waals surface area contributed by atoms with Crippen LogP contribution in [0.15, 0.2) is 34.7 Å². The Morgan fingerprint density at radius 3 is 2.67 bits per heavy atom. The van der Waals surface area contributed by atoms with Crippen molar-refractivity contribution in [1.29, 1.82) is 0 Å². The molecule has 21 heavy (non-hydrogen) atoms. The van der Waals surface area contributed by atoms with Gasteiger partial charge in [-0.1, -0.05) is 31.0 Å².